The molecule has 1 fully saturated rings. The van der Waals surface area contributed by atoms with E-state index in [1.54, 1.807) is 0 Å². The average Bonchev–Trinajstić information content (AvgIpc) is 2.48. The van der Waals surface area contributed by atoms with Gasteiger partial charge in [-0.1, -0.05) is 11.6 Å². The van der Waals surface area contributed by atoms with E-state index in [0.717, 1.165) is 25.9 Å². The molecule has 0 aromatic heterocycles. The zero-order valence-electron chi connectivity index (χ0n) is 11.3. The number of anilines is 1. The van der Waals surface area contributed by atoms with Crippen LogP contribution in [0.25, 0.3) is 0 Å². The molecule has 1 aliphatic heterocycles. The second kappa shape index (κ2) is 7.35. The highest BCUT2D eigenvalue weighted by Crippen LogP contribution is 2.26. The molecule has 21 heavy (non-hydrogen) atoms. The summed E-state index contributed by atoms with van der Waals surface area (Å²) < 4.78 is 5.51. The summed E-state index contributed by atoms with van der Waals surface area (Å²) in [5.74, 6) is -0.379. The lowest BCUT2D eigenvalue weighted by Gasteiger charge is -2.22. The normalized spacial score (nSPS) is 15.7. The van der Waals surface area contributed by atoms with Crippen molar-refractivity contribution >= 4 is 28.9 Å². The minimum Gasteiger partial charge on any atom is -0.368 e. The highest BCUT2D eigenvalue weighted by atomic mass is 35.5. The molecule has 0 saturated carbocycles. The van der Waals surface area contributed by atoms with Gasteiger partial charge in [-0.2, -0.15) is 0 Å². The van der Waals surface area contributed by atoms with Gasteiger partial charge in [0.05, 0.1) is 21.7 Å². The maximum Gasteiger partial charge on any atom is 0.271 e. The van der Waals surface area contributed by atoms with Crippen LogP contribution < -0.4 is 10.6 Å². The zero-order valence-corrected chi connectivity index (χ0v) is 12.1. The first kappa shape index (κ1) is 15.7. The van der Waals surface area contributed by atoms with Gasteiger partial charge in [0.15, 0.2) is 0 Å². The number of benzene rings is 1. The van der Waals surface area contributed by atoms with Gasteiger partial charge in [0.25, 0.3) is 5.69 Å². The quantitative estimate of drug-likeness (QED) is 0.640. The second-order valence-corrected chi connectivity index (χ2v) is 5.14. The lowest BCUT2D eigenvalue weighted by atomic mass is 10.1. The van der Waals surface area contributed by atoms with Gasteiger partial charge >= 0.3 is 0 Å². The smallest absolute Gasteiger partial charge is 0.271 e. The summed E-state index contributed by atoms with van der Waals surface area (Å²) in [4.78, 5) is 22.0. The summed E-state index contributed by atoms with van der Waals surface area (Å²) in [6.45, 7) is 1.66. The molecule has 1 aliphatic rings. The van der Waals surface area contributed by atoms with Crippen LogP contribution in [0, 0.1) is 10.1 Å². The number of piperidine rings is 1. The van der Waals surface area contributed by atoms with Crippen molar-refractivity contribution in [3.05, 3.63) is 33.3 Å². The van der Waals surface area contributed by atoms with Gasteiger partial charge in [-0.05, 0) is 32.0 Å². The van der Waals surface area contributed by atoms with Gasteiger partial charge in [-0.3, -0.25) is 14.9 Å². The zero-order chi connectivity index (χ0) is 15.2. The molecule has 1 saturated heterocycles. The van der Waals surface area contributed by atoms with Crippen LogP contribution in [-0.2, 0) is 9.53 Å². The molecule has 7 nitrogen and oxygen atoms in total. The first-order valence-corrected chi connectivity index (χ1v) is 7.00. The molecule has 1 heterocycles. The van der Waals surface area contributed by atoms with Gasteiger partial charge in [-0.15, -0.1) is 0 Å². The number of carbonyl (C=O) groups is 1. The number of nitro groups is 1. The molecule has 0 bridgehead atoms. The van der Waals surface area contributed by atoms with Crippen LogP contribution in [0.1, 0.15) is 12.8 Å². The van der Waals surface area contributed by atoms with Crippen LogP contribution in [0.3, 0.4) is 0 Å². The van der Waals surface area contributed by atoms with Crippen molar-refractivity contribution in [1.82, 2.24) is 5.32 Å². The number of non-ortho nitro benzene ring substituents is 1. The Labute approximate surface area is 126 Å². The van der Waals surface area contributed by atoms with Crippen LogP contribution in [0.2, 0.25) is 5.02 Å². The fourth-order valence-electron chi connectivity index (χ4n) is 2.06. The molecule has 114 valence electrons. The molecule has 1 aromatic rings. The average molecular weight is 314 g/mol. The van der Waals surface area contributed by atoms with Gasteiger partial charge < -0.3 is 15.4 Å². The first-order chi connectivity index (χ1) is 10.1. The number of carbonyl (C=O) groups excluding carboxylic acids is 1. The van der Waals surface area contributed by atoms with Crippen LogP contribution in [-0.4, -0.2) is 36.6 Å². The predicted molar refractivity (Wildman–Crippen MR) is 78.6 cm³/mol. The summed E-state index contributed by atoms with van der Waals surface area (Å²) in [5.41, 5.74) is 0.0822. The Bertz CT molecular complexity index is 532. The molecule has 0 aliphatic carbocycles. The van der Waals surface area contributed by atoms with Crippen molar-refractivity contribution in [3.63, 3.8) is 0 Å². The third-order valence-electron chi connectivity index (χ3n) is 3.17. The van der Waals surface area contributed by atoms with Crippen molar-refractivity contribution in [2.24, 2.45) is 0 Å². The van der Waals surface area contributed by atoms with Crippen molar-refractivity contribution in [1.29, 1.82) is 0 Å². The van der Waals surface area contributed by atoms with E-state index in [2.05, 4.69) is 10.6 Å². The highest BCUT2D eigenvalue weighted by Gasteiger charge is 2.16. The third-order valence-corrected chi connectivity index (χ3v) is 3.50. The monoisotopic (exact) mass is 313 g/mol. The lowest BCUT2D eigenvalue weighted by molar-refractivity contribution is -0.384. The van der Waals surface area contributed by atoms with E-state index in [0.29, 0.717) is 0 Å². The number of ether oxygens (including phenoxy) is 1. The van der Waals surface area contributed by atoms with E-state index in [4.69, 9.17) is 16.3 Å². The van der Waals surface area contributed by atoms with E-state index >= 15 is 0 Å². The van der Waals surface area contributed by atoms with Crippen LogP contribution in [0.15, 0.2) is 18.2 Å². The van der Waals surface area contributed by atoms with Gasteiger partial charge in [0.1, 0.15) is 6.61 Å². The third kappa shape index (κ3) is 4.66. The summed E-state index contributed by atoms with van der Waals surface area (Å²) in [7, 11) is 0. The van der Waals surface area contributed by atoms with E-state index in [1.165, 1.54) is 18.2 Å². The SMILES string of the molecule is O=C(COC1CCNCC1)Nc1cc([N+](=O)[O-])ccc1Cl. The summed E-state index contributed by atoms with van der Waals surface area (Å²) in [6.07, 6.45) is 1.80. The molecular weight excluding hydrogens is 298 g/mol. The van der Waals surface area contributed by atoms with Crippen molar-refractivity contribution in [2.45, 2.75) is 18.9 Å². The summed E-state index contributed by atoms with van der Waals surface area (Å²) >= 11 is 5.91. The molecule has 0 unspecified atom stereocenters. The van der Waals surface area contributed by atoms with Crippen LogP contribution >= 0.6 is 11.6 Å². The molecule has 0 atom stereocenters. The predicted octanol–water partition coefficient (Wildman–Crippen LogP) is 1.96. The minimum absolute atomic E-state index is 0.0672. The highest BCUT2D eigenvalue weighted by molar-refractivity contribution is 6.33. The second-order valence-electron chi connectivity index (χ2n) is 4.73. The molecule has 2 rings (SSSR count). The largest absolute Gasteiger partial charge is 0.368 e. The number of amides is 1. The Balaban J connectivity index is 1.89. The minimum atomic E-state index is -0.544. The Morgan fingerprint density at radius 1 is 1.48 bits per heavy atom. The lowest BCUT2D eigenvalue weighted by Crippen LogP contribution is -2.34. The van der Waals surface area contributed by atoms with Gasteiger partial charge in [0, 0.05) is 12.1 Å². The van der Waals surface area contributed by atoms with Crippen molar-refractivity contribution in [2.75, 3.05) is 25.0 Å². The first-order valence-electron chi connectivity index (χ1n) is 6.62. The van der Waals surface area contributed by atoms with Gasteiger partial charge in [0.2, 0.25) is 5.91 Å². The molecule has 2 N–H and O–H groups in total. The van der Waals surface area contributed by atoms with E-state index in [9.17, 15) is 14.9 Å². The molecular formula is C13H16ClN3O4. The molecule has 0 spiro atoms. The number of halogens is 1. The number of nitrogens with one attached hydrogen (secondary N) is 2. The van der Waals surface area contributed by atoms with E-state index in [1.807, 2.05) is 0 Å². The number of nitrogens with zero attached hydrogens (tertiary/aromatic N) is 1. The molecule has 8 heteroatoms. The molecule has 1 aromatic carbocycles. The fraction of sp³-hybridized carbons (Fsp3) is 0.462. The topological polar surface area (TPSA) is 93.5 Å². The number of nitro benzene ring substituents is 1. The fourth-order valence-corrected chi connectivity index (χ4v) is 2.23. The van der Waals surface area contributed by atoms with Crippen LogP contribution in [0.5, 0.6) is 0 Å². The van der Waals surface area contributed by atoms with E-state index in [-0.39, 0.29) is 35.0 Å². The number of hydrogen-bond donors (Lipinski definition) is 2. The Hall–Kier alpha value is -1.70. The Kier molecular flexibility index (Phi) is 5.49. The van der Waals surface area contributed by atoms with Gasteiger partial charge in [-0.25, -0.2) is 0 Å². The molecule has 0 radical (unpaired) electrons. The Morgan fingerprint density at radius 2 is 2.19 bits per heavy atom. The maximum atomic E-state index is 11.8. The maximum absolute atomic E-state index is 11.8. The number of hydrogen-bond acceptors (Lipinski definition) is 5. The van der Waals surface area contributed by atoms with Crippen molar-refractivity contribution < 1.29 is 14.5 Å². The summed E-state index contributed by atoms with van der Waals surface area (Å²) in [6, 6.07) is 3.89. The standard InChI is InChI=1S/C13H16ClN3O4/c14-11-2-1-9(17(19)20)7-12(11)16-13(18)8-21-10-3-5-15-6-4-10/h1-2,7,10,15H,3-6,8H2,(H,16,18). The van der Waals surface area contributed by atoms with Crippen molar-refractivity contribution in [3.8, 4) is 0 Å². The molecule has 1 amide bonds. The van der Waals surface area contributed by atoms with Crippen LogP contribution in [0.4, 0.5) is 11.4 Å². The summed E-state index contributed by atoms with van der Waals surface area (Å²) in [5, 5.41) is 16.7. The Morgan fingerprint density at radius 3 is 2.86 bits per heavy atom. The van der Waals surface area contributed by atoms with E-state index < -0.39 is 4.92 Å². The number of rotatable bonds is 5.